The second-order valence-corrected chi connectivity index (χ2v) is 4.63. The Morgan fingerprint density at radius 1 is 1.38 bits per heavy atom. The molecule has 1 N–H and O–H groups in total. The third kappa shape index (κ3) is 3.13. The van der Waals surface area contributed by atoms with Gasteiger partial charge in [0.1, 0.15) is 0 Å². The monoisotopic (exact) mass is 241 g/mol. The van der Waals surface area contributed by atoms with E-state index in [1.54, 1.807) is 0 Å². The molecule has 0 saturated carbocycles. The first-order chi connectivity index (χ1) is 7.60. The fraction of sp³-hybridized carbons (Fsp3) is 0.538. The van der Waals surface area contributed by atoms with E-state index in [0.717, 1.165) is 24.2 Å². The summed E-state index contributed by atoms with van der Waals surface area (Å²) >= 11 is 6.09. The molecule has 0 heterocycles. The Bertz CT molecular complexity index is 339. The largest absolute Gasteiger partial charge is 0.392 e. The van der Waals surface area contributed by atoms with Gasteiger partial charge in [-0.25, -0.2) is 0 Å². The van der Waals surface area contributed by atoms with Crippen LogP contribution in [-0.2, 0) is 6.61 Å². The zero-order chi connectivity index (χ0) is 12.1. The average Bonchev–Trinajstić information content (AvgIpc) is 2.25. The number of hydrogen-bond acceptors (Lipinski definition) is 2. The molecule has 0 aliphatic heterocycles. The SMILES string of the molecule is CCCN(c1ccc(CO)c(Cl)c1)C(C)C. The van der Waals surface area contributed by atoms with Crippen LogP contribution < -0.4 is 4.90 Å². The van der Waals surface area contributed by atoms with Gasteiger partial charge in [0.15, 0.2) is 0 Å². The molecule has 0 spiro atoms. The van der Waals surface area contributed by atoms with Crippen LogP contribution in [0.1, 0.15) is 32.8 Å². The van der Waals surface area contributed by atoms with Gasteiger partial charge in [-0.1, -0.05) is 24.6 Å². The summed E-state index contributed by atoms with van der Waals surface area (Å²) in [6.07, 6.45) is 1.11. The molecule has 16 heavy (non-hydrogen) atoms. The Hall–Kier alpha value is -0.730. The quantitative estimate of drug-likeness (QED) is 0.854. The van der Waals surface area contributed by atoms with Crippen LogP contribution in [0.15, 0.2) is 18.2 Å². The van der Waals surface area contributed by atoms with Crippen molar-refractivity contribution in [3.63, 3.8) is 0 Å². The first kappa shape index (κ1) is 13.3. The van der Waals surface area contributed by atoms with Crippen LogP contribution in [0.25, 0.3) is 0 Å². The van der Waals surface area contributed by atoms with Crippen molar-refractivity contribution in [3.8, 4) is 0 Å². The Morgan fingerprint density at radius 2 is 2.06 bits per heavy atom. The molecule has 0 amide bonds. The molecule has 0 radical (unpaired) electrons. The number of nitrogens with zero attached hydrogens (tertiary/aromatic N) is 1. The predicted molar refractivity (Wildman–Crippen MR) is 70.1 cm³/mol. The van der Waals surface area contributed by atoms with Gasteiger partial charge in [0.25, 0.3) is 0 Å². The van der Waals surface area contributed by atoms with Gasteiger partial charge >= 0.3 is 0 Å². The number of rotatable bonds is 5. The van der Waals surface area contributed by atoms with Crippen LogP contribution in [0, 0.1) is 0 Å². The normalized spacial score (nSPS) is 10.9. The summed E-state index contributed by atoms with van der Waals surface area (Å²) in [4.78, 5) is 2.31. The molecule has 0 atom stereocenters. The lowest BCUT2D eigenvalue weighted by atomic mass is 10.1. The van der Waals surface area contributed by atoms with Gasteiger partial charge in [-0.2, -0.15) is 0 Å². The highest BCUT2D eigenvalue weighted by Crippen LogP contribution is 2.25. The maximum Gasteiger partial charge on any atom is 0.0696 e. The van der Waals surface area contributed by atoms with Crippen molar-refractivity contribution in [2.75, 3.05) is 11.4 Å². The molecule has 0 fully saturated rings. The number of hydrogen-bond donors (Lipinski definition) is 1. The van der Waals surface area contributed by atoms with Crippen LogP contribution >= 0.6 is 11.6 Å². The molecule has 0 unspecified atom stereocenters. The second kappa shape index (κ2) is 6.12. The van der Waals surface area contributed by atoms with Gasteiger partial charge < -0.3 is 10.0 Å². The van der Waals surface area contributed by atoms with Crippen molar-refractivity contribution in [2.24, 2.45) is 0 Å². The Labute approximate surface area is 103 Å². The average molecular weight is 242 g/mol. The fourth-order valence-electron chi connectivity index (χ4n) is 1.77. The molecular formula is C13H20ClNO. The molecular weight excluding hydrogens is 222 g/mol. The number of anilines is 1. The van der Waals surface area contributed by atoms with Crippen molar-refractivity contribution in [1.29, 1.82) is 0 Å². The lowest BCUT2D eigenvalue weighted by Gasteiger charge is -2.29. The topological polar surface area (TPSA) is 23.5 Å². The molecule has 0 aliphatic carbocycles. The maximum absolute atomic E-state index is 9.06. The van der Waals surface area contributed by atoms with Crippen LogP contribution in [0.5, 0.6) is 0 Å². The smallest absolute Gasteiger partial charge is 0.0696 e. The second-order valence-electron chi connectivity index (χ2n) is 4.22. The number of benzene rings is 1. The zero-order valence-electron chi connectivity index (χ0n) is 10.2. The van der Waals surface area contributed by atoms with Gasteiger partial charge in [0, 0.05) is 23.3 Å². The summed E-state index contributed by atoms with van der Waals surface area (Å²) in [5.74, 6) is 0. The van der Waals surface area contributed by atoms with Crippen LogP contribution in [0.4, 0.5) is 5.69 Å². The van der Waals surface area contributed by atoms with Gasteiger partial charge in [0.05, 0.1) is 6.61 Å². The van der Waals surface area contributed by atoms with Crippen LogP contribution in [-0.4, -0.2) is 17.7 Å². The van der Waals surface area contributed by atoms with E-state index in [2.05, 4.69) is 25.7 Å². The Balaban J connectivity index is 2.97. The molecule has 1 aromatic rings. The van der Waals surface area contributed by atoms with Gasteiger partial charge in [-0.15, -0.1) is 0 Å². The van der Waals surface area contributed by atoms with Crippen molar-refractivity contribution in [2.45, 2.75) is 39.8 Å². The lowest BCUT2D eigenvalue weighted by Crippen LogP contribution is -2.31. The summed E-state index contributed by atoms with van der Waals surface area (Å²) in [6, 6.07) is 6.30. The first-order valence-corrected chi connectivity index (χ1v) is 6.13. The summed E-state index contributed by atoms with van der Waals surface area (Å²) in [6.45, 7) is 7.52. The first-order valence-electron chi connectivity index (χ1n) is 5.76. The molecule has 0 aliphatic rings. The van der Waals surface area contributed by atoms with E-state index in [1.165, 1.54) is 0 Å². The van der Waals surface area contributed by atoms with Crippen molar-refractivity contribution < 1.29 is 5.11 Å². The highest BCUT2D eigenvalue weighted by atomic mass is 35.5. The molecule has 0 aromatic heterocycles. The number of halogens is 1. The predicted octanol–water partition coefficient (Wildman–Crippen LogP) is 3.46. The van der Waals surface area contributed by atoms with E-state index in [4.69, 9.17) is 16.7 Å². The third-order valence-corrected chi connectivity index (χ3v) is 2.98. The van der Waals surface area contributed by atoms with Gasteiger partial charge in [0.2, 0.25) is 0 Å². The number of aliphatic hydroxyl groups is 1. The maximum atomic E-state index is 9.06. The zero-order valence-corrected chi connectivity index (χ0v) is 11.0. The fourth-order valence-corrected chi connectivity index (χ4v) is 2.00. The summed E-state index contributed by atoms with van der Waals surface area (Å²) in [5, 5.41) is 9.70. The van der Waals surface area contributed by atoms with Crippen LogP contribution in [0.3, 0.4) is 0 Å². The van der Waals surface area contributed by atoms with Crippen molar-refractivity contribution >= 4 is 17.3 Å². The molecule has 1 aromatic carbocycles. The minimum absolute atomic E-state index is 0.00539. The summed E-state index contributed by atoms with van der Waals surface area (Å²) < 4.78 is 0. The van der Waals surface area contributed by atoms with Crippen molar-refractivity contribution in [3.05, 3.63) is 28.8 Å². The van der Waals surface area contributed by atoms with Gasteiger partial charge in [-0.05, 0) is 38.0 Å². The number of aliphatic hydroxyl groups excluding tert-OH is 1. The van der Waals surface area contributed by atoms with Crippen molar-refractivity contribution in [1.82, 2.24) is 0 Å². The highest BCUT2D eigenvalue weighted by Gasteiger charge is 2.10. The molecule has 2 nitrogen and oxygen atoms in total. The van der Waals surface area contributed by atoms with E-state index in [-0.39, 0.29) is 6.61 Å². The molecule has 3 heteroatoms. The van der Waals surface area contributed by atoms with E-state index in [9.17, 15) is 0 Å². The van der Waals surface area contributed by atoms with E-state index in [1.807, 2.05) is 18.2 Å². The Morgan fingerprint density at radius 3 is 2.50 bits per heavy atom. The van der Waals surface area contributed by atoms with Gasteiger partial charge in [-0.3, -0.25) is 0 Å². The lowest BCUT2D eigenvalue weighted by molar-refractivity contribution is 0.282. The molecule has 1 rings (SSSR count). The minimum Gasteiger partial charge on any atom is -0.392 e. The third-order valence-electron chi connectivity index (χ3n) is 2.63. The minimum atomic E-state index is -0.00539. The molecule has 0 bridgehead atoms. The van der Waals surface area contributed by atoms with E-state index >= 15 is 0 Å². The standard InChI is InChI=1S/C13H20ClNO/c1-4-7-15(10(2)3)12-6-5-11(9-16)13(14)8-12/h5-6,8,10,16H,4,7,9H2,1-3H3. The highest BCUT2D eigenvalue weighted by molar-refractivity contribution is 6.31. The summed E-state index contributed by atoms with van der Waals surface area (Å²) in [5.41, 5.74) is 1.91. The van der Waals surface area contributed by atoms with E-state index in [0.29, 0.717) is 11.1 Å². The Kier molecular flexibility index (Phi) is 5.10. The van der Waals surface area contributed by atoms with Crippen LogP contribution in [0.2, 0.25) is 5.02 Å². The van der Waals surface area contributed by atoms with E-state index < -0.39 is 0 Å². The molecule has 0 saturated heterocycles. The molecule has 90 valence electrons. The summed E-state index contributed by atoms with van der Waals surface area (Å²) in [7, 11) is 0.